The Balaban J connectivity index is 0.900. The molecule has 88 heavy (non-hydrogen) atoms. The van der Waals surface area contributed by atoms with Crippen LogP contribution in [0.1, 0.15) is 145 Å². The van der Waals surface area contributed by atoms with Gasteiger partial charge in [-0.2, -0.15) is 0 Å². The fraction of sp³-hybridized carbons (Fsp3) is 0.333. The normalized spacial score (nSPS) is 17.3. The second-order valence-electron chi connectivity index (χ2n) is 23.9. The van der Waals surface area contributed by atoms with Crippen LogP contribution < -0.4 is 28.6 Å². The Labute approximate surface area is 523 Å². The van der Waals surface area contributed by atoms with E-state index in [9.17, 15) is 0 Å². The zero-order valence-electron chi connectivity index (χ0n) is 53.8. The number of benzene rings is 2. The number of nitrogens with one attached hydrogen (secondary N) is 2. The topological polar surface area (TPSA) is 85.4 Å². The van der Waals surface area contributed by atoms with Gasteiger partial charge in [-0.15, -0.1) is 0 Å². The van der Waals surface area contributed by atoms with Crippen molar-refractivity contribution in [3.05, 3.63) is 248 Å². The molecule has 450 valence electrons. The van der Waals surface area contributed by atoms with Crippen LogP contribution in [-0.4, -0.2) is 58.9 Å². The molecule has 7 aliphatic rings. The molecule has 11 rings (SSSR count). The van der Waals surface area contributed by atoms with Gasteiger partial charge < -0.3 is 19.3 Å². The van der Waals surface area contributed by atoms with Gasteiger partial charge in [-0.1, -0.05) is 85.1 Å². The Morgan fingerprint density at radius 3 is 1.66 bits per heavy atom. The number of fused-ring (bicyclic) bond motifs is 4. The van der Waals surface area contributed by atoms with Crippen LogP contribution in [0.4, 0.5) is 0 Å². The molecule has 2 N–H and O–H groups in total. The molecule has 10 nitrogen and oxygen atoms in total. The molecular weight excluding hydrogens is 1080 g/mol. The number of aromatic nitrogens is 2. The van der Waals surface area contributed by atoms with Crippen molar-refractivity contribution in [3.63, 3.8) is 0 Å². The lowest BCUT2D eigenvalue weighted by Crippen LogP contribution is -2.72. The summed E-state index contributed by atoms with van der Waals surface area (Å²) in [5.74, 6) is 1.64. The molecule has 0 atom stereocenters. The fourth-order valence-electron chi connectivity index (χ4n) is 13.2. The Morgan fingerprint density at radius 1 is 0.489 bits per heavy atom. The van der Waals surface area contributed by atoms with Gasteiger partial charge in [0.2, 0.25) is 22.8 Å². The molecule has 8 bridgehead atoms. The smallest absolute Gasteiger partial charge is 0.222 e. The molecule has 0 amide bonds. The number of unbranched alkanes of at least 4 members (excludes halogenated alkanes) is 4. The summed E-state index contributed by atoms with van der Waals surface area (Å²) in [5, 5.41) is 0. The first-order valence-electron chi connectivity index (χ1n) is 32.6. The van der Waals surface area contributed by atoms with Crippen molar-refractivity contribution >= 4 is 34.0 Å². The summed E-state index contributed by atoms with van der Waals surface area (Å²) in [5.41, 5.74) is 27.1. The molecule has 0 saturated carbocycles. The minimum atomic E-state index is 0.517. The number of allylic oxidation sites excluding steroid dienone is 18. The highest BCUT2D eigenvalue weighted by molar-refractivity contribution is 6.36. The largest absolute Gasteiger partial charge is 0.492 e. The first-order chi connectivity index (χ1) is 43.0. The van der Waals surface area contributed by atoms with Crippen LogP contribution in [0.25, 0.3) is 22.3 Å². The number of hydrogen-bond acceptors (Lipinski definition) is 6. The number of nitrogens with zero attached hydrogens (tertiary/aromatic N) is 6. The monoisotopic (exact) mass is 1170 g/mol. The summed E-state index contributed by atoms with van der Waals surface area (Å²) < 4.78 is 17.8. The standard InChI is InChI=1S/C78H88N8O2/c1-11-17-19-35-83-37-27-57(28-38-83)59-31-41-85(42-32-59)45-47-87-63-25-21-23-61(49-63)73-75-53(7)65(13-3)69(79-75)51-71-67(15-5)55(9)77(81-71)74(78-56(10)68(16-6)72(82-78)52-70-66(14-4)54(8)76(73)80-70)62-24-22-26-64(50-62)88-48-46-86-43-33-60(34-44-86)58-29-39-84(40-30-58)36-20-18-12-2/h21-34,37-44,49-52H,11-20,35-36,45-48H2,1-10H3/q+2/p+2. The maximum atomic E-state index is 6.64. The van der Waals surface area contributed by atoms with Crippen molar-refractivity contribution in [3.8, 4) is 22.6 Å². The van der Waals surface area contributed by atoms with E-state index >= 15 is 0 Å². The van der Waals surface area contributed by atoms with Crippen molar-refractivity contribution < 1.29 is 28.6 Å². The van der Waals surface area contributed by atoms with Crippen molar-refractivity contribution in [1.29, 1.82) is 0 Å². The van der Waals surface area contributed by atoms with Gasteiger partial charge >= 0.3 is 0 Å². The molecule has 0 saturated heterocycles. The summed E-state index contributed by atoms with van der Waals surface area (Å²) in [4.78, 5) is 24.0. The van der Waals surface area contributed by atoms with Gasteiger partial charge in [0.05, 0.1) is 29.4 Å². The minimum absolute atomic E-state index is 0.517. The molecule has 0 unspecified atom stereocenters. The van der Waals surface area contributed by atoms with Crippen molar-refractivity contribution in [2.24, 2.45) is 9.98 Å². The van der Waals surface area contributed by atoms with E-state index in [1.165, 1.54) is 105 Å². The van der Waals surface area contributed by atoms with Gasteiger partial charge in [-0.05, 0) is 170 Å². The number of aliphatic imine (C=N–C) groups is 2. The third-order valence-electron chi connectivity index (χ3n) is 18.2. The highest BCUT2D eigenvalue weighted by Crippen LogP contribution is 2.42. The third-order valence-corrected chi connectivity index (χ3v) is 18.2. The zero-order chi connectivity index (χ0) is 61.3. The Morgan fingerprint density at radius 2 is 1.06 bits per heavy atom. The van der Waals surface area contributed by atoms with Crippen LogP contribution in [0.3, 0.4) is 0 Å². The van der Waals surface area contributed by atoms with Crippen molar-refractivity contribution in [2.75, 3.05) is 26.3 Å². The average Bonchev–Trinajstić information content (AvgIpc) is 3.41. The van der Waals surface area contributed by atoms with Gasteiger partial charge in [0.15, 0.2) is 31.3 Å². The molecular formula is C78H90N8O2+4. The molecule has 0 spiro atoms. The Bertz CT molecular complexity index is 3910. The van der Waals surface area contributed by atoms with Gasteiger partial charge in [-0.25, -0.2) is 29.1 Å². The molecule has 2 aromatic carbocycles. The second-order valence-corrected chi connectivity index (χ2v) is 23.9. The molecule has 10 heteroatoms. The number of ether oxygens (including phenoxy) is 2. The van der Waals surface area contributed by atoms with Crippen LogP contribution >= 0.6 is 0 Å². The number of pyridine rings is 2. The maximum absolute atomic E-state index is 6.64. The van der Waals surface area contributed by atoms with Crippen molar-refractivity contribution in [2.45, 2.75) is 147 Å². The van der Waals surface area contributed by atoms with E-state index in [0.29, 0.717) is 19.8 Å². The second kappa shape index (κ2) is 27.9. The van der Waals surface area contributed by atoms with E-state index in [2.05, 4.69) is 257 Å². The summed E-state index contributed by atoms with van der Waals surface area (Å²) in [6, 6.07) is 26.1. The molecule has 7 aliphatic heterocycles. The molecule has 9 heterocycles. The van der Waals surface area contributed by atoms with Gasteiger partial charge in [0.25, 0.3) is 0 Å². The van der Waals surface area contributed by atoms with Crippen molar-refractivity contribution in [1.82, 2.24) is 9.80 Å². The predicted octanol–water partition coefficient (Wildman–Crippen LogP) is 13.5. The lowest BCUT2D eigenvalue weighted by atomic mass is 9.89. The van der Waals surface area contributed by atoms with Crippen LogP contribution in [0.15, 0.2) is 247 Å². The van der Waals surface area contributed by atoms with E-state index in [0.717, 1.165) is 125 Å². The van der Waals surface area contributed by atoms with Crippen LogP contribution in [-0.2, 0) is 13.1 Å². The Kier molecular flexibility index (Phi) is 19.3. The van der Waals surface area contributed by atoms with Crippen LogP contribution in [0, 0.1) is 0 Å². The summed E-state index contributed by atoms with van der Waals surface area (Å²) in [7, 11) is 0. The van der Waals surface area contributed by atoms with Crippen LogP contribution in [0.5, 0.6) is 11.5 Å². The van der Waals surface area contributed by atoms with Gasteiger partial charge in [0, 0.05) is 102 Å². The maximum Gasteiger partial charge on any atom is 0.222 e. The SMILES string of the molecule is CCCCCN1C=CC(=C2C=CN(CCOc3cccc(C4=C5N=C(C=C6[NH+]=C(C(C)=C6CC)C(c6cccc(OCC[n+]7ccc(-c8cc[n+](CCCCC)cc8)cc7)c6)=C6[NH+]=C(C=C7N=C4C(C)=C7CC)C(CC)=C6C)C(CC)=C5C)c3)C=C2)C=C1. The summed E-state index contributed by atoms with van der Waals surface area (Å²) in [6.45, 7) is 27.2. The zero-order valence-corrected chi connectivity index (χ0v) is 53.8. The highest BCUT2D eigenvalue weighted by Gasteiger charge is 2.40. The molecule has 0 radical (unpaired) electrons. The predicted molar refractivity (Wildman–Crippen MR) is 361 cm³/mol. The summed E-state index contributed by atoms with van der Waals surface area (Å²) >= 11 is 0. The number of rotatable bonds is 23. The Hall–Kier alpha value is -8.76. The third kappa shape index (κ3) is 13.1. The van der Waals surface area contributed by atoms with E-state index in [-0.39, 0.29) is 0 Å². The molecule has 0 aliphatic carbocycles. The quantitative estimate of drug-likeness (QED) is 0.0572. The van der Waals surface area contributed by atoms with Gasteiger partial charge in [-0.3, -0.25) is 0 Å². The highest BCUT2D eigenvalue weighted by atomic mass is 16.5. The fourth-order valence-corrected chi connectivity index (χ4v) is 13.2. The van der Waals surface area contributed by atoms with E-state index in [4.69, 9.17) is 19.5 Å². The number of aryl methyl sites for hydroxylation is 1. The average molecular weight is 1170 g/mol. The minimum Gasteiger partial charge on any atom is -0.492 e. The van der Waals surface area contributed by atoms with Gasteiger partial charge in [0.1, 0.15) is 36.8 Å². The van der Waals surface area contributed by atoms with E-state index < -0.39 is 0 Å². The van der Waals surface area contributed by atoms with E-state index in [1.807, 2.05) is 0 Å². The molecule has 0 fully saturated rings. The number of hydrogen-bond donors (Lipinski definition) is 2. The molecule has 4 aromatic rings. The lowest BCUT2D eigenvalue weighted by molar-refractivity contribution is -0.697. The van der Waals surface area contributed by atoms with Crippen LogP contribution in [0.2, 0.25) is 0 Å². The lowest BCUT2D eigenvalue weighted by Gasteiger charge is -2.22. The molecule has 2 aromatic heterocycles. The first-order valence-corrected chi connectivity index (χ1v) is 32.6. The first kappa shape index (κ1) is 60.9. The summed E-state index contributed by atoms with van der Waals surface area (Å²) in [6.07, 6.45) is 41.6. The van der Waals surface area contributed by atoms with E-state index in [1.54, 1.807) is 0 Å².